The zero-order chi connectivity index (χ0) is 14.7. The van der Waals surface area contributed by atoms with Crippen LogP contribution in [0.2, 0.25) is 0 Å². The SMILES string of the molecule is Cc1cc(NC(=O)c2ccnc(OC3CCSC3)c2)sn1. The van der Waals surface area contributed by atoms with Crippen molar-refractivity contribution in [1.29, 1.82) is 0 Å². The molecule has 3 heterocycles. The van der Waals surface area contributed by atoms with Crippen molar-refractivity contribution in [2.75, 3.05) is 16.8 Å². The minimum Gasteiger partial charge on any atom is -0.473 e. The Hall–Kier alpha value is -1.60. The van der Waals surface area contributed by atoms with Gasteiger partial charge in [0.15, 0.2) is 0 Å². The number of nitrogens with zero attached hydrogens (tertiary/aromatic N) is 2. The molecule has 1 aliphatic rings. The van der Waals surface area contributed by atoms with Crippen molar-refractivity contribution in [3.8, 4) is 5.88 Å². The van der Waals surface area contributed by atoms with Gasteiger partial charge in [-0.15, -0.1) is 0 Å². The van der Waals surface area contributed by atoms with Gasteiger partial charge in [0.2, 0.25) is 5.88 Å². The number of hydrogen-bond acceptors (Lipinski definition) is 6. The number of carbonyl (C=O) groups is 1. The molecule has 1 amide bonds. The van der Waals surface area contributed by atoms with Crippen molar-refractivity contribution in [1.82, 2.24) is 9.36 Å². The summed E-state index contributed by atoms with van der Waals surface area (Å²) in [7, 11) is 0. The van der Waals surface area contributed by atoms with Gasteiger partial charge < -0.3 is 10.1 Å². The van der Waals surface area contributed by atoms with Crippen LogP contribution in [-0.2, 0) is 0 Å². The summed E-state index contributed by atoms with van der Waals surface area (Å²) in [4.78, 5) is 16.4. The minimum absolute atomic E-state index is 0.174. The Kier molecular flexibility index (Phi) is 4.40. The normalized spacial score (nSPS) is 17.7. The van der Waals surface area contributed by atoms with Gasteiger partial charge in [0.1, 0.15) is 11.1 Å². The van der Waals surface area contributed by atoms with Crippen LogP contribution in [0.3, 0.4) is 0 Å². The predicted molar refractivity (Wildman–Crippen MR) is 85.4 cm³/mol. The summed E-state index contributed by atoms with van der Waals surface area (Å²) in [5.74, 6) is 2.44. The standard InChI is InChI=1S/C14H15N3O2S2/c1-9-6-13(21-17-9)16-14(18)10-2-4-15-12(7-10)19-11-3-5-20-8-11/h2,4,6-7,11H,3,5,8H2,1H3,(H,16,18). The highest BCUT2D eigenvalue weighted by atomic mass is 32.2. The first-order valence-electron chi connectivity index (χ1n) is 6.66. The third-order valence-electron chi connectivity index (χ3n) is 3.04. The summed E-state index contributed by atoms with van der Waals surface area (Å²) >= 11 is 3.15. The number of ether oxygens (including phenoxy) is 1. The molecule has 5 nitrogen and oxygen atoms in total. The van der Waals surface area contributed by atoms with E-state index in [1.165, 1.54) is 11.5 Å². The number of aromatic nitrogens is 2. The summed E-state index contributed by atoms with van der Waals surface area (Å²) in [6.45, 7) is 1.89. The zero-order valence-electron chi connectivity index (χ0n) is 11.5. The first-order chi connectivity index (χ1) is 10.2. The van der Waals surface area contributed by atoms with Crippen molar-refractivity contribution in [2.24, 2.45) is 0 Å². The molecular weight excluding hydrogens is 306 g/mol. The highest BCUT2D eigenvalue weighted by molar-refractivity contribution is 7.99. The lowest BCUT2D eigenvalue weighted by Gasteiger charge is -2.11. The molecule has 7 heteroatoms. The van der Waals surface area contributed by atoms with Gasteiger partial charge in [0.25, 0.3) is 5.91 Å². The molecule has 0 saturated carbocycles. The third-order valence-corrected chi connectivity index (χ3v) is 4.96. The molecule has 110 valence electrons. The molecule has 0 bridgehead atoms. The molecule has 1 aliphatic heterocycles. The van der Waals surface area contributed by atoms with E-state index in [1.54, 1.807) is 18.3 Å². The van der Waals surface area contributed by atoms with E-state index in [1.807, 2.05) is 24.8 Å². The molecule has 2 aromatic heterocycles. The number of aryl methyl sites for hydroxylation is 1. The van der Waals surface area contributed by atoms with E-state index < -0.39 is 0 Å². The van der Waals surface area contributed by atoms with Gasteiger partial charge in [-0.2, -0.15) is 16.1 Å². The van der Waals surface area contributed by atoms with Crippen molar-refractivity contribution >= 4 is 34.2 Å². The zero-order valence-corrected chi connectivity index (χ0v) is 13.2. The van der Waals surface area contributed by atoms with Crippen LogP contribution in [0.25, 0.3) is 0 Å². The molecule has 0 spiro atoms. The molecule has 1 saturated heterocycles. The van der Waals surface area contributed by atoms with E-state index >= 15 is 0 Å². The Morgan fingerprint density at radius 2 is 2.38 bits per heavy atom. The van der Waals surface area contributed by atoms with E-state index in [4.69, 9.17) is 4.74 Å². The Balaban J connectivity index is 1.68. The molecule has 21 heavy (non-hydrogen) atoms. The van der Waals surface area contributed by atoms with Crippen molar-refractivity contribution in [2.45, 2.75) is 19.4 Å². The van der Waals surface area contributed by atoms with Gasteiger partial charge in [-0.05, 0) is 42.8 Å². The van der Waals surface area contributed by atoms with E-state index in [9.17, 15) is 4.79 Å². The van der Waals surface area contributed by atoms with Crippen LogP contribution in [-0.4, -0.2) is 32.9 Å². The number of amides is 1. The first-order valence-corrected chi connectivity index (χ1v) is 8.58. The summed E-state index contributed by atoms with van der Waals surface area (Å²) < 4.78 is 9.94. The predicted octanol–water partition coefficient (Wildman–Crippen LogP) is 2.98. The van der Waals surface area contributed by atoms with Gasteiger partial charge >= 0.3 is 0 Å². The fourth-order valence-corrected chi connectivity index (χ4v) is 3.75. The minimum atomic E-state index is -0.174. The molecule has 2 aromatic rings. The van der Waals surface area contributed by atoms with Crippen molar-refractivity contribution in [3.63, 3.8) is 0 Å². The first kappa shape index (κ1) is 14.3. The molecule has 1 fully saturated rings. The molecule has 0 aromatic carbocycles. The number of carbonyl (C=O) groups excluding carboxylic acids is 1. The van der Waals surface area contributed by atoms with Crippen LogP contribution in [0.15, 0.2) is 24.4 Å². The summed E-state index contributed by atoms with van der Waals surface area (Å²) in [6, 6.07) is 5.21. The second kappa shape index (κ2) is 6.44. The average molecular weight is 321 g/mol. The lowest BCUT2D eigenvalue weighted by atomic mass is 10.2. The highest BCUT2D eigenvalue weighted by Gasteiger charge is 2.18. The van der Waals surface area contributed by atoms with Gasteiger partial charge in [-0.3, -0.25) is 4.79 Å². The number of thioether (sulfide) groups is 1. The maximum absolute atomic E-state index is 12.2. The molecular formula is C14H15N3O2S2. The van der Waals surface area contributed by atoms with Crippen molar-refractivity contribution in [3.05, 3.63) is 35.7 Å². The summed E-state index contributed by atoms with van der Waals surface area (Å²) in [5, 5.41) is 3.57. The number of anilines is 1. The van der Waals surface area contributed by atoms with Crippen LogP contribution in [0, 0.1) is 6.92 Å². The maximum atomic E-state index is 12.2. The largest absolute Gasteiger partial charge is 0.473 e. The Labute approximate surface area is 131 Å². The van der Waals surface area contributed by atoms with E-state index in [-0.39, 0.29) is 12.0 Å². The van der Waals surface area contributed by atoms with Crippen molar-refractivity contribution < 1.29 is 9.53 Å². The molecule has 1 unspecified atom stereocenters. The summed E-state index contributed by atoms with van der Waals surface area (Å²) in [6.07, 6.45) is 2.83. The lowest BCUT2D eigenvalue weighted by Crippen LogP contribution is -2.16. The van der Waals surface area contributed by atoms with E-state index in [2.05, 4.69) is 14.7 Å². The Bertz CT molecular complexity index is 639. The molecule has 0 radical (unpaired) electrons. The molecule has 1 N–H and O–H groups in total. The molecule has 1 atom stereocenters. The van der Waals surface area contributed by atoms with E-state index in [0.717, 1.165) is 28.6 Å². The monoisotopic (exact) mass is 321 g/mol. The number of pyridine rings is 1. The van der Waals surface area contributed by atoms with Gasteiger partial charge in [0, 0.05) is 23.6 Å². The maximum Gasteiger partial charge on any atom is 0.256 e. The fourth-order valence-electron chi connectivity index (χ4n) is 2.00. The second-order valence-electron chi connectivity index (χ2n) is 4.77. The van der Waals surface area contributed by atoms with Crippen LogP contribution >= 0.6 is 23.3 Å². The van der Waals surface area contributed by atoms with E-state index in [0.29, 0.717) is 11.4 Å². The van der Waals surface area contributed by atoms with Crippen LogP contribution in [0.4, 0.5) is 5.00 Å². The van der Waals surface area contributed by atoms with Gasteiger partial charge in [0.05, 0.1) is 5.69 Å². The van der Waals surface area contributed by atoms with Crippen LogP contribution in [0.1, 0.15) is 22.5 Å². The van der Waals surface area contributed by atoms with Gasteiger partial charge in [-0.25, -0.2) is 4.98 Å². The second-order valence-corrected chi connectivity index (χ2v) is 6.73. The lowest BCUT2D eigenvalue weighted by molar-refractivity contribution is 0.102. The smallest absolute Gasteiger partial charge is 0.256 e. The topological polar surface area (TPSA) is 64.1 Å². The molecule has 0 aliphatic carbocycles. The fraction of sp³-hybridized carbons (Fsp3) is 0.357. The quantitative estimate of drug-likeness (QED) is 0.938. The number of hydrogen-bond donors (Lipinski definition) is 1. The third kappa shape index (κ3) is 3.74. The number of nitrogens with one attached hydrogen (secondary N) is 1. The van der Waals surface area contributed by atoms with Crippen LogP contribution < -0.4 is 10.1 Å². The summed E-state index contributed by atoms with van der Waals surface area (Å²) in [5.41, 5.74) is 1.43. The van der Waals surface area contributed by atoms with Crippen LogP contribution in [0.5, 0.6) is 5.88 Å². The number of rotatable bonds is 4. The van der Waals surface area contributed by atoms with Gasteiger partial charge in [-0.1, -0.05) is 0 Å². The molecule has 3 rings (SSSR count). The average Bonchev–Trinajstić information content (AvgIpc) is 3.11. The highest BCUT2D eigenvalue weighted by Crippen LogP contribution is 2.23. The Morgan fingerprint density at radius 3 is 3.10 bits per heavy atom. The Morgan fingerprint density at radius 1 is 1.48 bits per heavy atom.